The van der Waals surface area contributed by atoms with Crippen molar-refractivity contribution in [2.45, 2.75) is 44.9 Å². The average Bonchev–Trinajstić information content (AvgIpc) is 2.36. The minimum absolute atomic E-state index is 0.00940. The summed E-state index contributed by atoms with van der Waals surface area (Å²) in [4.78, 5) is 12.0. The van der Waals surface area contributed by atoms with Crippen LogP contribution in [0.2, 0.25) is 0 Å². The van der Waals surface area contributed by atoms with Gasteiger partial charge in [-0.3, -0.25) is 4.79 Å². The first-order valence-corrected chi connectivity index (χ1v) is 9.36. The first-order chi connectivity index (χ1) is 9.71. The Morgan fingerprint density at radius 2 is 1.95 bits per heavy atom. The van der Waals surface area contributed by atoms with Crippen molar-refractivity contribution in [3.8, 4) is 0 Å². The van der Waals surface area contributed by atoms with Crippen LogP contribution in [-0.2, 0) is 9.05 Å². The maximum absolute atomic E-state index is 12.0. The largest absolute Gasteiger partial charge is 0.352 e. The van der Waals surface area contributed by atoms with Gasteiger partial charge in [0.05, 0.1) is 4.90 Å². The van der Waals surface area contributed by atoms with E-state index < -0.39 is 9.05 Å². The third kappa shape index (κ3) is 6.06. The summed E-state index contributed by atoms with van der Waals surface area (Å²) in [5, 5.41) is 2.85. The van der Waals surface area contributed by atoms with Crippen LogP contribution in [0.5, 0.6) is 0 Å². The van der Waals surface area contributed by atoms with Gasteiger partial charge in [-0.25, -0.2) is 8.42 Å². The fourth-order valence-electron chi connectivity index (χ4n) is 2.02. The molecule has 0 saturated heterocycles. The summed E-state index contributed by atoms with van der Waals surface area (Å²) in [6, 6.07) is 4.26. The molecule has 0 aromatic heterocycles. The standard InChI is InChI=1S/C15H22ClNO3S/c1-11(2)6-4-5-9-17-15(18)14-8-7-13(10-12(14)3)21(16,19)20/h7-8,10-11H,4-6,9H2,1-3H3,(H,17,18). The molecule has 0 saturated carbocycles. The van der Waals surface area contributed by atoms with Crippen molar-refractivity contribution in [1.29, 1.82) is 0 Å². The van der Waals surface area contributed by atoms with Crippen LogP contribution >= 0.6 is 10.7 Å². The number of halogens is 1. The summed E-state index contributed by atoms with van der Waals surface area (Å²) < 4.78 is 22.5. The second-order valence-corrected chi connectivity index (χ2v) is 8.13. The molecule has 0 spiro atoms. The van der Waals surface area contributed by atoms with Crippen molar-refractivity contribution in [1.82, 2.24) is 5.32 Å². The van der Waals surface area contributed by atoms with Gasteiger partial charge in [0.2, 0.25) is 0 Å². The molecule has 0 aliphatic rings. The molecule has 4 nitrogen and oxygen atoms in total. The maximum atomic E-state index is 12.0. The fourth-order valence-corrected chi connectivity index (χ4v) is 2.85. The lowest BCUT2D eigenvalue weighted by Gasteiger charge is -2.09. The van der Waals surface area contributed by atoms with Crippen LogP contribution in [0.15, 0.2) is 23.1 Å². The van der Waals surface area contributed by atoms with E-state index in [4.69, 9.17) is 10.7 Å². The maximum Gasteiger partial charge on any atom is 0.261 e. The fraction of sp³-hybridized carbons (Fsp3) is 0.533. The second-order valence-electron chi connectivity index (χ2n) is 5.56. The molecule has 1 N–H and O–H groups in total. The zero-order valence-corrected chi connectivity index (χ0v) is 14.2. The third-order valence-corrected chi connectivity index (χ3v) is 4.57. The summed E-state index contributed by atoms with van der Waals surface area (Å²) >= 11 is 0. The van der Waals surface area contributed by atoms with E-state index in [1.807, 2.05) is 0 Å². The van der Waals surface area contributed by atoms with E-state index in [-0.39, 0.29) is 10.8 Å². The predicted molar refractivity (Wildman–Crippen MR) is 85.2 cm³/mol. The lowest BCUT2D eigenvalue weighted by atomic mass is 10.1. The Kier molecular flexibility index (Phi) is 6.68. The number of hydrogen-bond donors (Lipinski definition) is 1. The molecule has 21 heavy (non-hydrogen) atoms. The molecular weight excluding hydrogens is 310 g/mol. The number of nitrogens with one attached hydrogen (secondary N) is 1. The molecule has 0 unspecified atom stereocenters. The Morgan fingerprint density at radius 1 is 1.29 bits per heavy atom. The first kappa shape index (κ1) is 18.0. The lowest BCUT2D eigenvalue weighted by Crippen LogP contribution is -2.25. The number of aryl methyl sites for hydroxylation is 1. The monoisotopic (exact) mass is 331 g/mol. The van der Waals surface area contributed by atoms with Crippen LogP contribution in [0.3, 0.4) is 0 Å². The van der Waals surface area contributed by atoms with Gasteiger partial charge in [-0.05, 0) is 43.0 Å². The van der Waals surface area contributed by atoms with Gasteiger partial charge in [-0.1, -0.05) is 26.7 Å². The smallest absolute Gasteiger partial charge is 0.261 e. The molecule has 1 aromatic rings. The quantitative estimate of drug-likeness (QED) is 0.614. The highest BCUT2D eigenvalue weighted by Crippen LogP contribution is 2.19. The van der Waals surface area contributed by atoms with Gasteiger partial charge >= 0.3 is 0 Å². The van der Waals surface area contributed by atoms with E-state index in [1.54, 1.807) is 6.92 Å². The predicted octanol–water partition coefficient (Wildman–Crippen LogP) is 3.48. The molecule has 0 aliphatic heterocycles. The average molecular weight is 332 g/mol. The van der Waals surface area contributed by atoms with Crippen molar-refractivity contribution < 1.29 is 13.2 Å². The number of carbonyl (C=O) groups is 1. The SMILES string of the molecule is Cc1cc(S(=O)(=O)Cl)ccc1C(=O)NCCCCC(C)C. The third-order valence-electron chi connectivity index (χ3n) is 3.22. The highest BCUT2D eigenvalue weighted by molar-refractivity contribution is 8.13. The zero-order valence-electron chi connectivity index (χ0n) is 12.6. The Bertz CT molecular complexity index is 597. The number of amides is 1. The van der Waals surface area contributed by atoms with E-state index in [9.17, 15) is 13.2 Å². The van der Waals surface area contributed by atoms with E-state index in [0.717, 1.165) is 19.3 Å². The summed E-state index contributed by atoms with van der Waals surface area (Å²) in [5.74, 6) is 0.489. The molecular formula is C15H22ClNO3S. The van der Waals surface area contributed by atoms with Gasteiger partial charge in [0.15, 0.2) is 0 Å². The highest BCUT2D eigenvalue weighted by atomic mass is 35.7. The normalized spacial score (nSPS) is 11.7. The Hall–Kier alpha value is -1.07. The highest BCUT2D eigenvalue weighted by Gasteiger charge is 2.14. The van der Waals surface area contributed by atoms with Gasteiger partial charge in [-0.2, -0.15) is 0 Å². The van der Waals surface area contributed by atoms with Gasteiger partial charge in [0, 0.05) is 22.8 Å². The molecule has 0 heterocycles. The number of rotatable bonds is 7. The lowest BCUT2D eigenvalue weighted by molar-refractivity contribution is 0.0952. The number of carbonyl (C=O) groups excluding carboxylic acids is 1. The summed E-state index contributed by atoms with van der Waals surface area (Å²) in [6.07, 6.45) is 3.18. The van der Waals surface area contributed by atoms with Crippen molar-refractivity contribution in [3.05, 3.63) is 29.3 Å². The van der Waals surface area contributed by atoms with Crippen molar-refractivity contribution >= 4 is 25.6 Å². The van der Waals surface area contributed by atoms with Crippen LogP contribution in [-0.4, -0.2) is 20.9 Å². The molecule has 118 valence electrons. The van der Waals surface area contributed by atoms with Crippen molar-refractivity contribution in [2.24, 2.45) is 5.92 Å². The minimum Gasteiger partial charge on any atom is -0.352 e. The summed E-state index contributed by atoms with van der Waals surface area (Å²) in [6.45, 7) is 6.67. The van der Waals surface area contributed by atoms with E-state index in [0.29, 0.717) is 23.6 Å². The van der Waals surface area contributed by atoms with E-state index in [2.05, 4.69) is 19.2 Å². The van der Waals surface area contributed by atoms with Crippen LogP contribution in [0.25, 0.3) is 0 Å². The summed E-state index contributed by atoms with van der Waals surface area (Å²) in [5.41, 5.74) is 1.07. The molecule has 1 aromatic carbocycles. The molecule has 1 rings (SSSR count). The van der Waals surface area contributed by atoms with Gasteiger partial charge in [0.25, 0.3) is 15.0 Å². The molecule has 6 heteroatoms. The van der Waals surface area contributed by atoms with Gasteiger partial charge in [0.1, 0.15) is 0 Å². The molecule has 0 fully saturated rings. The zero-order chi connectivity index (χ0) is 16.0. The van der Waals surface area contributed by atoms with E-state index in [1.165, 1.54) is 18.2 Å². The molecule has 0 aliphatic carbocycles. The van der Waals surface area contributed by atoms with Gasteiger partial charge in [-0.15, -0.1) is 0 Å². The topological polar surface area (TPSA) is 63.2 Å². The second kappa shape index (κ2) is 7.80. The minimum atomic E-state index is -3.76. The van der Waals surface area contributed by atoms with Gasteiger partial charge < -0.3 is 5.32 Å². The number of hydrogen-bond acceptors (Lipinski definition) is 3. The molecule has 0 bridgehead atoms. The Balaban J connectivity index is 2.59. The Labute approximate surface area is 131 Å². The van der Waals surface area contributed by atoms with Crippen LogP contribution in [0, 0.1) is 12.8 Å². The number of unbranched alkanes of at least 4 members (excludes halogenated alkanes) is 1. The van der Waals surface area contributed by atoms with Crippen LogP contribution in [0.4, 0.5) is 0 Å². The van der Waals surface area contributed by atoms with Crippen molar-refractivity contribution in [2.75, 3.05) is 6.54 Å². The number of benzene rings is 1. The van der Waals surface area contributed by atoms with Crippen molar-refractivity contribution in [3.63, 3.8) is 0 Å². The molecule has 0 atom stereocenters. The Morgan fingerprint density at radius 3 is 2.48 bits per heavy atom. The molecule has 1 amide bonds. The first-order valence-electron chi connectivity index (χ1n) is 7.05. The molecule has 0 radical (unpaired) electrons. The summed E-state index contributed by atoms with van der Waals surface area (Å²) in [7, 11) is 1.52. The van der Waals surface area contributed by atoms with Crippen LogP contribution < -0.4 is 5.32 Å². The van der Waals surface area contributed by atoms with Crippen LogP contribution in [0.1, 0.15) is 49.0 Å². The van der Waals surface area contributed by atoms with E-state index >= 15 is 0 Å².